The Morgan fingerprint density at radius 2 is 1.88 bits per heavy atom. The largest absolute Gasteiger partial charge is 0.384 e. The maximum absolute atomic E-state index is 13.2. The summed E-state index contributed by atoms with van der Waals surface area (Å²) >= 11 is 0. The third kappa shape index (κ3) is 6.35. The summed E-state index contributed by atoms with van der Waals surface area (Å²) in [7, 11) is -0.572. The van der Waals surface area contributed by atoms with E-state index in [0.717, 1.165) is 58.3 Å². The molecule has 2 fully saturated rings. The summed E-state index contributed by atoms with van der Waals surface area (Å²) in [6.07, 6.45) is 9.88. The zero-order chi connectivity index (χ0) is 28.4. The number of fused-ring (bicyclic) bond motifs is 2. The molecule has 6 rings (SSSR count). The Morgan fingerprint density at radius 1 is 1.07 bits per heavy atom. The van der Waals surface area contributed by atoms with E-state index in [1.54, 1.807) is 6.20 Å². The van der Waals surface area contributed by atoms with Gasteiger partial charge in [-0.2, -0.15) is 10.6 Å². The minimum absolute atomic E-state index is 0.0435. The average Bonchev–Trinajstić information content (AvgIpc) is 3.32. The molecule has 0 spiro atoms. The predicted molar refractivity (Wildman–Crippen MR) is 168 cm³/mol. The Hall–Kier alpha value is -3.18. The van der Waals surface area contributed by atoms with Crippen molar-refractivity contribution in [1.82, 2.24) is 24.8 Å². The number of amides is 1. The highest BCUT2D eigenvalue weighted by molar-refractivity contribution is 8.24. The summed E-state index contributed by atoms with van der Waals surface area (Å²) in [4.78, 5) is 25.0. The van der Waals surface area contributed by atoms with Gasteiger partial charge in [-0.25, -0.2) is 4.98 Å². The number of piperidine rings is 1. The highest BCUT2D eigenvalue weighted by atomic mass is 32.3. The number of hydrogen-bond donors (Lipinski definition) is 4. The highest BCUT2D eigenvalue weighted by Gasteiger charge is 2.26. The van der Waals surface area contributed by atoms with Gasteiger partial charge in [-0.1, -0.05) is 12.5 Å². The number of carbonyl (C=O) groups is 1. The fourth-order valence-electron chi connectivity index (χ4n) is 6.11. The summed E-state index contributed by atoms with van der Waals surface area (Å²) < 4.78 is 21.7. The van der Waals surface area contributed by atoms with E-state index in [0.29, 0.717) is 30.0 Å². The van der Waals surface area contributed by atoms with Crippen molar-refractivity contribution in [3.05, 3.63) is 54.5 Å². The predicted octanol–water partition coefficient (Wildman–Crippen LogP) is 5.72. The molecule has 3 aromatic heterocycles. The number of hydrogen-bond acceptors (Lipinski definition) is 7. The van der Waals surface area contributed by atoms with E-state index in [1.807, 2.05) is 36.0 Å². The monoisotopic (exact) mass is 576 g/mol. The van der Waals surface area contributed by atoms with Gasteiger partial charge in [0.05, 0.1) is 11.2 Å². The molecule has 5 heterocycles. The van der Waals surface area contributed by atoms with Crippen LogP contribution in [0.15, 0.2) is 48.8 Å². The molecule has 0 aliphatic carbocycles. The van der Waals surface area contributed by atoms with Crippen LogP contribution in [-0.2, 0) is 7.05 Å². The number of anilines is 1. The van der Waals surface area contributed by atoms with Crippen molar-refractivity contribution in [2.24, 2.45) is 7.05 Å². The molecule has 0 unspecified atom stereocenters. The third-order valence-electron chi connectivity index (χ3n) is 8.52. The van der Waals surface area contributed by atoms with Crippen LogP contribution in [0.5, 0.6) is 0 Å². The number of pyridine rings is 2. The fourth-order valence-corrected chi connectivity index (χ4v) is 7.64. The first-order valence-corrected chi connectivity index (χ1v) is 16.6. The van der Waals surface area contributed by atoms with Crippen molar-refractivity contribution in [2.45, 2.75) is 44.6 Å². The molecule has 218 valence electrons. The molecule has 0 radical (unpaired) electrons. The van der Waals surface area contributed by atoms with Crippen LogP contribution in [0.25, 0.3) is 33.1 Å². The van der Waals surface area contributed by atoms with Gasteiger partial charge in [0, 0.05) is 71.1 Å². The summed E-state index contributed by atoms with van der Waals surface area (Å²) in [6, 6.07) is 12.1. The van der Waals surface area contributed by atoms with Crippen LogP contribution >= 0.6 is 10.6 Å². The molecule has 9 nitrogen and oxygen atoms in total. The van der Waals surface area contributed by atoms with Gasteiger partial charge in [-0.05, 0) is 82.1 Å². The third-order valence-corrected chi connectivity index (χ3v) is 10.3. The lowest BCUT2D eigenvalue weighted by atomic mass is 10.1. The quantitative estimate of drug-likeness (QED) is 0.198. The molecule has 10 heteroatoms. The van der Waals surface area contributed by atoms with Gasteiger partial charge >= 0.3 is 0 Å². The van der Waals surface area contributed by atoms with Crippen molar-refractivity contribution in [1.29, 1.82) is 0 Å². The van der Waals surface area contributed by atoms with Gasteiger partial charge in [0.1, 0.15) is 5.69 Å². The summed E-state index contributed by atoms with van der Waals surface area (Å²) in [5.74, 6) is 0.558. The van der Waals surface area contributed by atoms with Crippen molar-refractivity contribution < 1.29 is 13.9 Å². The molecular weight excluding hydrogens is 536 g/mol. The Balaban J connectivity index is 1.20. The second kappa shape index (κ2) is 12.0. The molecule has 2 saturated heterocycles. The van der Waals surface area contributed by atoms with Crippen molar-refractivity contribution in [3.8, 4) is 11.3 Å². The number of likely N-dealkylation sites (tertiary alicyclic amines) is 1. The first-order chi connectivity index (χ1) is 19.9. The number of nitrogens with one attached hydrogen (secondary N) is 2. The number of carbonyl (C=O) groups excluding carboxylic acids is 1. The minimum atomic E-state index is -2.48. The maximum Gasteiger partial charge on any atom is 0.268 e. The van der Waals surface area contributed by atoms with E-state index < -0.39 is 10.6 Å². The molecule has 4 aromatic rings. The van der Waals surface area contributed by atoms with Crippen molar-refractivity contribution >= 4 is 44.0 Å². The molecule has 0 bridgehead atoms. The van der Waals surface area contributed by atoms with Gasteiger partial charge in [0.2, 0.25) is 0 Å². The Morgan fingerprint density at radius 3 is 2.68 bits per heavy atom. The number of benzene rings is 1. The molecule has 2 aliphatic heterocycles. The molecule has 0 saturated carbocycles. The molecule has 1 aromatic carbocycles. The van der Waals surface area contributed by atoms with E-state index in [2.05, 4.69) is 38.7 Å². The van der Waals surface area contributed by atoms with Crippen LogP contribution in [0.1, 0.15) is 49.0 Å². The lowest BCUT2D eigenvalue weighted by molar-refractivity contribution is 0.0926. The van der Waals surface area contributed by atoms with Crippen molar-refractivity contribution in [3.63, 3.8) is 0 Å². The summed E-state index contributed by atoms with van der Waals surface area (Å²) in [6.45, 7) is 4.44. The fraction of sp³-hybridized carbons (Fsp3) is 0.452. The van der Waals surface area contributed by atoms with E-state index >= 15 is 0 Å². The second-order valence-electron chi connectivity index (χ2n) is 11.5. The zero-order valence-corrected chi connectivity index (χ0v) is 24.5. The molecule has 0 atom stereocenters. The Kier molecular flexibility index (Phi) is 8.16. The lowest BCUT2D eigenvalue weighted by Gasteiger charge is -2.39. The average molecular weight is 577 g/mol. The SMILES string of the molecule is Cn1c(C(=O)NC2CCS(O)(O)CC2)cc2cc(-c3cc(NCCCN4CCCCC4)c4cnccc4n3)ccc21. The van der Waals surface area contributed by atoms with Gasteiger partial charge in [0.25, 0.3) is 5.91 Å². The van der Waals surface area contributed by atoms with E-state index in [-0.39, 0.29) is 11.9 Å². The number of nitrogens with zero attached hydrogens (tertiary/aromatic N) is 4. The van der Waals surface area contributed by atoms with Crippen LogP contribution in [-0.4, -0.2) is 78.2 Å². The summed E-state index contributed by atoms with van der Waals surface area (Å²) in [5, 5.41) is 8.73. The van der Waals surface area contributed by atoms with Crippen LogP contribution < -0.4 is 10.6 Å². The first-order valence-electron chi connectivity index (χ1n) is 14.7. The van der Waals surface area contributed by atoms with Crippen LogP contribution in [0.4, 0.5) is 5.69 Å². The second-order valence-corrected chi connectivity index (χ2v) is 13.9. The van der Waals surface area contributed by atoms with E-state index in [9.17, 15) is 13.9 Å². The molecule has 1 amide bonds. The zero-order valence-electron chi connectivity index (χ0n) is 23.7. The number of aryl methyl sites for hydroxylation is 1. The van der Waals surface area contributed by atoms with Gasteiger partial charge < -0.3 is 20.1 Å². The van der Waals surface area contributed by atoms with Gasteiger partial charge in [0.15, 0.2) is 0 Å². The first kappa shape index (κ1) is 28.0. The normalized spacial score (nSPS) is 18.9. The van der Waals surface area contributed by atoms with Crippen LogP contribution in [0.3, 0.4) is 0 Å². The number of rotatable bonds is 8. The maximum atomic E-state index is 13.2. The lowest BCUT2D eigenvalue weighted by Crippen LogP contribution is -2.40. The van der Waals surface area contributed by atoms with E-state index in [1.165, 1.54) is 32.4 Å². The molecule has 41 heavy (non-hydrogen) atoms. The standard InChI is InChI=1S/C31H40N6O3S/c1-36-29-7-6-22(18-23(29)19-30(36)31(38)34-24-9-16-41(39,40)17-10-24)27-20-28(25-21-32-12-8-26(25)35-27)33-11-5-15-37-13-3-2-4-14-37/h6-8,12,18-21,24,39-40H,2-5,9-11,13-17H2,1H3,(H,33,35)(H,34,38). The molecule has 2 aliphatic rings. The smallest absolute Gasteiger partial charge is 0.268 e. The van der Waals surface area contributed by atoms with E-state index in [4.69, 9.17) is 4.98 Å². The number of aromatic nitrogens is 3. The Bertz CT molecular complexity index is 1540. The van der Waals surface area contributed by atoms with Gasteiger partial charge in [-0.3, -0.25) is 18.9 Å². The summed E-state index contributed by atoms with van der Waals surface area (Å²) in [5.41, 5.74) is 5.35. The minimum Gasteiger partial charge on any atom is -0.384 e. The topological polar surface area (TPSA) is 116 Å². The molecule has 4 N–H and O–H groups in total. The Labute approximate surface area is 242 Å². The van der Waals surface area contributed by atoms with Gasteiger partial charge in [-0.15, -0.1) is 0 Å². The molecular formula is C31H40N6O3S. The van der Waals surface area contributed by atoms with Crippen LogP contribution in [0, 0.1) is 0 Å². The highest BCUT2D eigenvalue weighted by Crippen LogP contribution is 2.44. The van der Waals surface area contributed by atoms with Crippen LogP contribution in [0.2, 0.25) is 0 Å². The van der Waals surface area contributed by atoms with Crippen molar-refractivity contribution in [2.75, 3.05) is 43.0 Å².